The third kappa shape index (κ3) is 4.10. The molecule has 1 aromatic carbocycles. The SMILES string of the molecule is COc1ccccc1N1CCN(c2cc(NC3CCCC3)nc(C)n2)CC1. The van der Waals surface area contributed by atoms with Gasteiger partial charge in [0.05, 0.1) is 12.8 Å². The molecule has 6 nitrogen and oxygen atoms in total. The van der Waals surface area contributed by atoms with Crippen molar-refractivity contribution in [2.45, 2.75) is 38.6 Å². The molecule has 2 aliphatic rings. The van der Waals surface area contributed by atoms with Gasteiger partial charge in [0.15, 0.2) is 0 Å². The Bertz CT molecular complexity index is 767. The molecule has 1 saturated carbocycles. The van der Waals surface area contributed by atoms with Gasteiger partial charge in [0.2, 0.25) is 0 Å². The van der Waals surface area contributed by atoms with E-state index in [4.69, 9.17) is 9.72 Å². The van der Waals surface area contributed by atoms with Gasteiger partial charge in [0.1, 0.15) is 23.2 Å². The van der Waals surface area contributed by atoms with Crippen molar-refractivity contribution >= 4 is 17.3 Å². The number of piperazine rings is 1. The van der Waals surface area contributed by atoms with E-state index in [9.17, 15) is 0 Å². The summed E-state index contributed by atoms with van der Waals surface area (Å²) in [6, 6.07) is 10.9. The first-order valence-corrected chi connectivity index (χ1v) is 9.98. The van der Waals surface area contributed by atoms with Crippen LogP contribution in [-0.4, -0.2) is 49.3 Å². The minimum Gasteiger partial charge on any atom is -0.495 e. The number of nitrogens with zero attached hydrogens (tertiary/aromatic N) is 4. The van der Waals surface area contributed by atoms with E-state index in [2.05, 4.69) is 38.3 Å². The van der Waals surface area contributed by atoms with Crippen LogP contribution >= 0.6 is 0 Å². The zero-order chi connectivity index (χ0) is 18.6. The van der Waals surface area contributed by atoms with E-state index in [1.54, 1.807) is 7.11 Å². The Labute approximate surface area is 161 Å². The maximum Gasteiger partial charge on any atom is 0.142 e. The van der Waals surface area contributed by atoms with Crippen LogP contribution in [-0.2, 0) is 0 Å². The number of ether oxygens (including phenoxy) is 1. The summed E-state index contributed by atoms with van der Waals surface area (Å²) < 4.78 is 5.52. The number of anilines is 3. The Kier molecular flexibility index (Phi) is 5.32. The summed E-state index contributed by atoms with van der Waals surface area (Å²) in [7, 11) is 1.73. The van der Waals surface area contributed by atoms with Crippen molar-refractivity contribution in [3.8, 4) is 5.75 Å². The Hall–Kier alpha value is -2.50. The fraction of sp³-hybridized carbons (Fsp3) is 0.524. The van der Waals surface area contributed by atoms with Crippen molar-refractivity contribution in [3.63, 3.8) is 0 Å². The minimum absolute atomic E-state index is 0.564. The number of aromatic nitrogens is 2. The maximum absolute atomic E-state index is 5.52. The molecule has 1 saturated heterocycles. The Morgan fingerprint density at radius 1 is 1.00 bits per heavy atom. The lowest BCUT2D eigenvalue weighted by Gasteiger charge is -2.37. The van der Waals surface area contributed by atoms with Gasteiger partial charge in [-0.25, -0.2) is 9.97 Å². The van der Waals surface area contributed by atoms with E-state index in [-0.39, 0.29) is 0 Å². The van der Waals surface area contributed by atoms with E-state index in [1.165, 1.54) is 31.4 Å². The van der Waals surface area contributed by atoms with Crippen LogP contribution in [0.3, 0.4) is 0 Å². The monoisotopic (exact) mass is 367 g/mol. The summed E-state index contributed by atoms with van der Waals surface area (Å²) in [4.78, 5) is 14.0. The molecule has 1 aliphatic carbocycles. The topological polar surface area (TPSA) is 53.5 Å². The standard InChI is InChI=1S/C21H29N5O/c1-16-22-20(24-17-7-3-4-8-17)15-21(23-16)26-13-11-25(12-14-26)18-9-5-6-10-19(18)27-2/h5-6,9-10,15,17H,3-4,7-8,11-14H2,1-2H3,(H,22,23,24). The number of para-hydroxylation sites is 2. The first-order chi connectivity index (χ1) is 13.2. The number of aryl methyl sites for hydroxylation is 1. The number of rotatable bonds is 5. The molecule has 0 atom stereocenters. The van der Waals surface area contributed by atoms with Crippen molar-refractivity contribution in [2.24, 2.45) is 0 Å². The molecule has 1 aromatic heterocycles. The molecule has 4 rings (SSSR count). The van der Waals surface area contributed by atoms with Crippen molar-refractivity contribution in [1.82, 2.24) is 9.97 Å². The molecule has 1 aliphatic heterocycles. The van der Waals surface area contributed by atoms with E-state index in [0.29, 0.717) is 6.04 Å². The van der Waals surface area contributed by atoms with Crippen LogP contribution in [0, 0.1) is 6.92 Å². The fourth-order valence-electron chi connectivity index (χ4n) is 4.13. The first-order valence-electron chi connectivity index (χ1n) is 9.98. The quantitative estimate of drug-likeness (QED) is 0.873. The molecule has 2 aromatic rings. The zero-order valence-electron chi connectivity index (χ0n) is 16.3. The Balaban J connectivity index is 1.44. The van der Waals surface area contributed by atoms with Crippen LogP contribution in [0.25, 0.3) is 0 Å². The molecule has 0 radical (unpaired) electrons. The molecule has 144 valence electrons. The van der Waals surface area contributed by atoms with E-state index in [0.717, 1.165) is 49.4 Å². The van der Waals surface area contributed by atoms with Gasteiger partial charge in [-0.2, -0.15) is 0 Å². The second-order valence-electron chi connectivity index (χ2n) is 7.43. The maximum atomic E-state index is 5.52. The lowest BCUT2D eigenvalue weighted by molar-refractivity contribution is 0.413. The summed E-state index contributed by atoms with van der Waals surface area (Å²) in [5, 5.41) is 3.61. The summed E-state index contributed by atoms with van der Waals surface area (Å²) in [5.41, 5.74) is 1.17. The van der Waals surface area contributed by atoms with Crippen molar-refractivity contribution < 1.29 is 4.74 Å². The normalized spacial score (nSPS) is 18.0. The highest BCUT2D eigenvalue weighted by atomic mass is 16.5. The molecule has 2 fully saturated rings. The van der Waals surface area contributed by atoms with Crippen LogP contribution in [0.4, 0.5) is 17.3 Å². The lowest BCUT2D eigenvalue weighted by Crippen LogP contribution is -2.47. The number of hydrogen-bond acceptors (Lipinski definition) is 6. The van der Waals surface area contributed by atoms with Crippen molar-refractivity contribution in [2.75, 3.05) is 48.4 Å². The van der Waals surface area contributed by atoms with Crippen LogP contribution in [0.5, 0.6) is 5.75 Å². The van der Waals surface area contributed by atoms with Crippen LogP contribution in [0.1, 0.15) is 31.5 Å². The first kappa shape index (κ1) is 17.9. The molecule has 6 heteroatoms. The van der Waals surface area contributed by atoms with Gasteiger partial charge < -0.3 is 19.9 Å². The second kappa shape index (κ2) is 8.03. The van der Waals surface area contributed by atoms with Gasteiger partial charge in [-0.05, 0) is 31.9 Å². The molecular formula is C21H29N5O. The largest absolute Gasteiger partial charge is 0.495 e. The summed E-state index contributed by atoms with van der Waals surface area (Å²) >= 11 is 0. The highest BCUT2D eigenvalue weighted by Gasteiger charge is 2.22. The number of hydrogen-bond donors (Lipinski definition) is 1. The van der Waals surface area contributed by atoms with E-state index in [1.807, 2.05) is 19.1 Å². The average molecular weight is 367 g/mol. The Morgan fingerprint density at radius 2 is 1.70 bits per heavy atom. The Morgan fingerprint density at radius 3 is 2.44 bits per heavy atom. The summed E-state index contributed by atoms with van der Waals surface area (Å²) in [6.45, 7) is 5.77. The summed E-state index contributed by atoms with van der Waals surface area (Å²) in [6.07, 6.45) is 5.13. The molecule has 0 spiro atoms. The van der Waals surface area contributed by atoms with Crippen molar-refractivity contribution in [3.05, 3.63) is 36.2 Å². The lowest BCUT2D eigenvalue weighted by atomic mass is 10.2. The zero-order valence-corrected chi connectivity index (χ0v) is 16.3. The van der Waals surface area contributed by atoms with Gasteiger partial charge in [-0.3, -0.25) is 0 Å². The van der Waals surface area contributed by atoms with Gasteiger partial charge in [-0.15, -0.1) is 0 Å². The van der Waals surface area contributed by atoms with Gasteiger partial charge >= 0.3 is 0 Å². The molecule has 0 amide bonds. The van der Waals surface area contributed by atoms with Gasteiger partial charge in [0.25, 0.3) is 0 Å². The van der Waals surface area contributed by atoms with Gasteiger partial charge in [0, 0.05) is 38.3 Å². The third-order valence-electron chi connectivity index (χ3n) is 5.56. The molecule has 2 heterocycles. The van der Waals surface area contributed by atoms with Gasteiger partial charge in [-0.1, -0.05) is 25.0 Å². The number of benzene rings is 1. The molecule has 0 unspecified atom stereocenters. The van der Waals surface area contributed by atoms with Crippen molar-refractivity contribution in [1.29, 1.82) is 0 Å². The third-order valence-corrected chi connectivity index (χ3v) is 5.56. The van der Waals surface area contributed by atoms with E-state index >= 15 is 0 Å². The molecular weight excluding hydrogens is 338 g/mol. The second-order valence-corrected chi connectivity index (χ2v) is 7.43. The van der Waals surface area contributed by atoms with E-state index < -0.39 is 0 Å². The number of nitrogens with one attached hydrogen (secondary N) is 1. The smallest absolute Gasteiger partial charge is 0.142 e. The highest BCUT2D eigenvalue weighted by molar-refractivity contribution is 5.60. The van der Waals surface area contributed by atoms with Crippen LogP contribution in [0.15, 0.2) is 30.3 Å². The predicted octanol–water partition coefficient (Wildman–Crippen LogP) is 3.47. The minimum atomic E-state index is 0.564. The molecule has 1 N–H and O–H groups in total. The highest BCUT2D eigenvalue weighted by Crippen LogP contribution is 2.29. The molecule has 27 heavy (non-hydrogen) atoms. The molecule has 0 bridgehead atoms. The fourth-order valence-corrected chi connectivity index (χ4v) is 4.13. The number of methoxy groups -OCH3 is 1. The predicted molar refractivity (Wildman–Crippen MR) is 110 cm³/mol. The summed E-state index contributed by atoms with van der Waals surface area (Å²) in [5.74, 6) is 3.77. The van der Waals surface area contributed by atoms with Crippen LogP contribution < -0.4 is 19.9 Å². The van der Waals surface area contributed by atoms with Crippen LogP contribution in [0.2, 0.25) is 0 Å². The average Bonchev–Trinajstić information content (AvgIpc) is 3.20.